The van der Waals surface area contributed by atoms with Crippen LogP contribution in [0.1, 0.15) is 10.4 Å². The topological polar surface area (TPSA) is 51.5 Å². The minimum atomic E-state index is -0.628. The highest BCUT2D eigenvalue weighted by Gasteiger charge is 2.43. The molecule has 3 aromatic rings. The fourth-order valence-electron chi connectivity index (χ4n) is 3.63. The Morgan fingerprint density at radius 2 is 1.65 bits per heavy atom. The summed E-state index contributed by atoms with van der Waals surface area (Å²) in [7, 11) is 13.3. The zero-order valence-corrected chi connectivity index (χ0v) is 19.9. The van der Waals surface area contributed by atoms with Gasteiger partial charge in [0.25, 0.3) is 11.5 Å². The quantitative estimate of drug-likeness (QED) is 0.476. The number of ether oxygens (including phenoxy) is 1. The van der Waals surface area contributed by atoms with E-state index in [4.69, 9.17) is 16.3 Å². The number of hydrogen-bond donors (Lipinski definition) is 0. The summed E-state index contributed by atoms with van der Waals surface area (Å²) in [5.41, 5.74) is 0.845. The van der Waals surface area contributed by atoms with Gasteiger partial charge in [0.1, 0.15) is 27.0 Å². The van der Waals surface area contributed by atoms with E-state index in [9.17, 15) is 9.59 Å². The Morgan fingerprint density at radius 1 is 1.03 bits per heavy atom. The van der Waals surface area contributed by atoms with Crippen LogP contribution in [0.15, 0.2) is 53.3 Å². The molecule has 3 rings (SSSR count). The summed E-state index contributed by atoms with van der Waals surface area (Å²) < 4.78 is 7.08. The predicted octanol–water partition coefficient (Wildman–Crippen LogP) is -1.26. The molecule has 2 aromatic carbocycles. The number of fused-ring (bicyclic) bond motifs is 1. The first-order chi connectivity index (χ1) is 14.4. The van der Waals surface area contributed by atoms with Crippen molar-refractivity contribution in [2.45, 2.75) is 10.5 Å². The third-order valence-electron chi connectivity index (χ3n) is 6.36. The van der Waals surface area contributed by atoms with E-state index in [1.165, 1.54) is 11.7 Å². The van der Waals surface area contributed by atoms with Crippen LogP contribution in [0.2, 0.25) is 10.1 Å². The van der Waals surface area contributed by atoms with E-state index in [2.05, 4.69) is 23.5 Å². The van der Waals surface area contributed by atoms with Crippen LogP contribution in [0.5, 0.6) is 5.75 Å². The van der Waals surface area contributed by atoms with Crippen LogP contribution in [-0.2, 0) is 7.05 Å². The molecule has 0 aliphatic heterocycles. The Bertz CT molecular complexity index is 1210. The number of para-hydroxylation sites is 1. The lowest BCUT2D eigenvalue weighted by Gasteiger charge is -2.49. The number of aryl methyl sites for hydroxylation is 1. The van der Waals surface area contributed by atoms with Crippen molar-refractivity contribution in [2.24, 2.45) is 7.05 Å². The second kappa shape index (κ2) is 8.23. The van der Waals surface area contributed by atoms with Crippen LogP contribution in [0.25, 0.3) is 10.9 Å². The van der Waals surface area contributed by atoms with Crippen molar-refractivity contribution in [3.63, 3.8) is 0 Å². The number of halogens is 1. The van der Waals surface area contributed by atoms with Gasteiger partial charge in [-0.05, 0) is 29.6 Å². The van der Waals surface area contributed by atoms with Gasteiger partial charge < -0.3 is 14.2 Å². The predicted molar refractivity (Wildman–Crippen MR) is 142 cm³/mol. The Balaban J connectivity index is 2.40. The van der Waals surface area contributed by atoms with Crippen molar-refractivity contribution in [2.75, 3.05) is 12.0 Å². The number of pyridine rings is 1. The molecule has 0 atom stereocenters. The largest absolute Gasteiger partial charge is 0.495 e. The molecular formula is C20H24B5ClN2O3. The number of aromatic nitrogens is 1. The van der Waals surface area contributed by atoms with Gasteiger partial charge in [0.15, 0.2) is 0 Å². The highest BCUT2D eigenvalue weighted by atomic mass is 35.5. The van der Waals surface area contributed by atoms with Gasteiger partial charge in [0.05, 0.1) is 46.6 Å². The van der Waals surface area contributed by atoms with Crippen LogP contribution < -0.4 is 15.2 Å². The van der Waals surface area contributed by atoms with Crippen molar-refractivity contribution in [3.05, 3.63) is 69.5 Å². The van der Waals surface area contributed by atoms with E-state index in [0.29, 0.717) is 21.6 Å². The maximum Gasteiger partial charge on any atom is 0.267 e. The van der Waals surface area contributed by atoms with Crippen LogP contribution in [0, 0.1) is 0 Å². The van der Waals surface area contributed by atoms with E-state index in [0.717, 1.165) is 0 Å². The molecule has 0 radical (unpaired) electrons. The van der Waals surface area contributed by atoms with Gasteiger partial charge in [0.2, 0.25) is 0 Å². The van der Waals surface area contributed by atoms with E-state index < -0.39 is 16.8 Å². The van der Waals surface area contributed by atoms with Crippen LogP contribution in [0.3, 0.4) is 0 Å². The summed E-state index contributed by atoms with van der Waals surface area (Å²) in [6.07, 6.45) is 0. The second-order valence-electron chi connectivity index (χ2n) is 9.19. The van der Waals surface area contributed by atoms with Gasteiger partial charge in [0, 0.05) is 12.7 Å². The zero-order chi connectivity index (χ0) is 23.1. The minimum absolute atomic E-state index is 0.0354. The standard InChI is InChI=1S/C20H24B5ClN2O3/c1-27-13-10-6-9-12(26)14(13)16(31-2)15(17(27)29)18(30)28(11-7-4-3-5-8-11)20(24,25)19(21,22)23/h3-10H,21-25H2,1-2H3. The summed E-state index contributed by atoms with van der Waals surface area (Å²) in [6, 6.07) is 14.7. The van der Waals surface area contributed by atoms with Gasteiger partial charge >= 0.3 is 0 Å². The first-order valence-electron chi connectivity index (χ1n) is 10.2. The smallest absolute Gasteiger partial charge is 0.267 e. The molecule has 11 heteroatoms. The van der Waals surface area contributed by atoms with Crippen molar-refractivity contribution >= 4 is 73.3 Å². The molecule has 5 nitrogen and oxygen atoms in total. The Morgan fingerprint density at radius 3 is 2.19 bits per heavy atom. The van der Waals surface area contributed by atoms with Gasteiger partial charge in [-0.1, -0.05) is 35.9 Å². The molecule has 0 aliphatic carbocycles. The first-order valence-corrected chi connectivity index (χ1v) is 10.6. The van der Waals surface area contributed by atoms with Crippen molar-refractivity contribution in [1.29, 1.82) is 0 Å². The third kappa shape index (κ3) is 3.82. The van der Waals surface area contributed by atoms with Crippen molar-refractivity contribution in [1.82, 2.24) is 4.57 Å². The van der Waals surface area contributed by atoms with Crippen LogP contribution in [-0.4, -0.2) is 62.2 Å². The Kier molecular flexibility index (Phi) is 6.16. The third-order valence-corrected chi connectivity index (χ3v) is 6.67. The molecule has 154 valence electrons. The zero-order valence-electron chi connectivity index (χ0n) is 19.1. The molecule has 1 heterocycles. The van der Waals surface area contributed by atoms with Crippen molar-refractivity contribution in [3.8, 4) is 5.75 Å². The molecule has 0 unspecified atom stereocenters. The molecule has 0 spiro atoms. The minimum Gasteiger partial charge on any atom is -0.495 e. The molecule has 0 N–H and O–H groups in total. The number of anilines is 1. The number of nitrogens with zero attached hydrogens (tertiary/aromatic N) is 2. The molecular weight excluding hydrogens is 406 g/mol. The number of benzene rings is 2. The molecule has 0 fully saturated rings. The average molecular weight is 430 g/mol. The molecule has 31 heavy (non-hydrogen) atoms. The molecule has 0 saturated carbocycles. The van der Waals surface area contributed by atoms with Crippen LogP contribution >= 0.6 is 11.6 Å². The summed E-state index contributed by atoms with van der Waals surface area (Å²) in [5.74, 6) is -0.232. The summed E-state index contributed by atoms with van der Waals surface area (Å²) in [5, 5.41) is 0.0431. The number of carbonyl (C=O) groups is 1. The number of rotatable bonds is 5. The van der Waals surface area contributed by atoms with Crippen LogP contribution in [0.4, 0.5) is 5.69 Å². The maximum atomic E-state index is 14.1. The lowest BCUT2D eigenvalue weighted by atomic mass is 9.26. The maximum absolute atomic E-state index is 14.1. The lowest BCUT2D eigenvalue weighted by Crippen LogP contribution is -2.62. The van der Waals surface area contributed by atoms with E-state index in [1.807, 2.05) is 46.0 Å². The molecule has 0 bridgehead atoms. The number of methoxy groups -OCH3 is 1. The normalized spacial score (nSPS) is 12.0. The summed E-state index contributed by atoms with van der Waals surface area (Å²) in [4.78, 5) is 29.2. The first kappa shape index (κ1) is 23.2. The monoisotopic (exact) mass is 430 g/mol. The highest BCUT2D eigenvalue weighted by molar-refractivity contribution is 6.68. The fraction of sp³-hybridized carbons (Fsp3) is 0.200. The summed E-state index contributed by atoms with van der Waals surface area (Å²) >= 11 is 6.48. The lowest BCUT2D eigenvalue weighted by molar-refractivity contribution is 0.0975. The molecule has 0 saturated heterocycles. The molecule has 1 aromatic heterocycles. The Labute approximate surface area is 192 Å². The molecule has 1 amide bonds. The SMILES string of the molecule is BC(B)(B)C(B)(B)N(C(=O)c1c(OC)c2c(Cl)cccc2n(C)c1=O)c1ccccc1. The van der Waals surface area contributed by atoms with Crippen molar-refractivity contribution < 1.29 is 9.53 Å². The number of hydrogen-bond acceptors (Lipinski definition) is 3. The van der Waals surface area contributed by atoms with Gasteiger partial charge in [-0.3, -0.25) is 9.59 Å². The number of amides is 1. The Hall–Kier alpha value is -2.47. The van der Waals surface area contributed by atoms with Gasteiger partial charge in [-0.25, -0.2) is 0 Å². The summed E-state index contributed by atoms with van der Waals surface area (Å²) in [6.45, 7) is 0. The van der Waals surface area contributed by atoms with E-state index in [-0.39, 0.29) is 16.4 Å². The second-order valence-corrected chi connectivity index (χ2v) is 9.60. The van der Waals surface area contributed by atoms with E-state index >= 15 is 0 Å². The molecule has 0 aliphatic rings. The average Bonchev–Trinajstić information content (AvgIpc) is 2.70. The van der Waals surface area contributed by atoms with E-state index in [1.54, 1.807) is 30.1 Å². The van der Waals surface area contributed by atoms with Gasteiger partial charge in [-0.2, -0.15) is 0 Å². The van der Waals surface area contributed by atoms with Gasteiger partial charge in [-0.15, -0.1) is 5.11 Å². The number of carbonyl (C=O) groups excluding carboxylic acids is 1. The highest BCUT2D eigenvalue weighted by Crippen LogP contribution is 2.38. The fourth-order valence-corrected chi connectivity index (χ4v) is 3.88.